The zero-order valence-corrected chi connectivity index (χ0v) is 8.49. The average molecular weight is 179 g/mol. The molecule has 72 valence electrons. The summed E-state index contributed by atoms with van der Waals surface area (Å²) >= 11 is 0. The van der Waals surface area contributed by atoms with E-state index < -0.39 is 0 Å². The minimum atomic E-state index is 0.165. The lowest BCUT2D eigenvalue weighted by Gasteiger charge is -2.21. The first kappa shape index (κ1) is 9.84. The van der Waals surface area contributed by atoms with Crippen LogP contribution in [0.2, 0.25) is 0 Å². The standard InChI is InChI=1S/C8H11N3.C2H6/c1-6-2-3-8-10-7(9)5-11(8)4-6;1-2/h2-4,8H,5H2,1H3,(H2,9,10);1-2H3. The van der Waals surface area contributed by atoms with Crippen LogP contribution in [0.25, 0.3) is 0 Å². The maximum absolute atomic E-state index is 5.59. The summed E-state index contributed by atoms with van der Waals surface area (Å²) in [6.45, 7) is 6.84. The summed E-state index contributed by atoms with van der Waals surface area (Å²) < 4.78 is 0. The van der Waals surface area contributed by atoms with E-state index in [4.69, 9.17) is 5.73 Å². The van der Waals surface area contributed by atoms with Crippen LogP contribution in [0.1, 0.15) is 20.8 Å². The Morgan fingerprint density at radius 3 is 2.92 bits per heavy atom. The van der Waals surface area contributed by atoms with Gasteiger partial charge in [0, 0.05) is 6.20 Å². The lowest BCUT2D eigenvalue weighted by molar-refractivity contribution is 0.390. The fraction of sp³-hybridized carbons (Fsp3) is 0.500. The number of aliphatic imine (C=N–C) groups is 1. The van der Waals surface area contributed by atoms with Crippen LogP contribution in [-0.4, -0.2) is 23.4 Å². The van der Waals surface area contributed by atoms with Crippen molar-refractivity contribution in [2.45, 2.75) is 26.9 Å². The first-order chi connectivity index (χ1) is 6.25. The maximum atomic E-state index is 5.59. The molecular formula is C10H17N3. The van der Waals surface area contributed by atoms with Crippen molar-refractivity contribution in [1.82, 2.24) is 4.90 Å². The Kier molecular flexibility index (Phi) is 3.12. The zero-order valence-electron chi connectivity index (χ0n) is 8.49. The molecule has 3 heteroatoms. The molecule has 0 aromatic heterocycles. The quantitative estimate of drug-likeness (QED) is 0.612. The van der Waals surface area contributed by atoms with Crippen LogP contribution >= 0.6 is 0 Å². The number of amidine groups is 1. The molecule has 2 N–H and O–H groups in total. The topological polar surface area (TPSA) is 41.6 Å². The Morgan fingerprint density at radius 1 is 1.54 bits per heavy atom. The van der Waals surface area contributed by atoms with E-state index in [2.05, 4.69) is 35.2 Å². The summed E-state index contributed by atoms with van der Waals surface area (Å²) in [7, 11) is 0. The molecule has 2 rings (SSSR count). The Labute approximate surface area is 79.6 Å². The zero-order chi connectivity index (χ0) is 9.84. The highest BCUT2D eigenvalue weighted by Gasteiger charge is 2.21. The molecule has 0 spiro atoms. The first-order valence-electron chi connectivity index (χ1n) is 4.70. The Bertz CT molecular complexity index is 263. The smallest absolute Gasteiger partial charge is 0.142 e. The highest BCUT2D eigenvalue weighted by molar-refractivity contribution is 5.84. The normalized spacial score (nSPS) is 24.2. The van der Waals surface area contributed by atoms with Crippen LogP contribution in [0, 0.1) is 0 Å². The van der Waals surface area contributed by atoms with Crippen molar-refractivity contribution in [2.75, 3.05) is 6.54 Å². The van der Waals surface area contributed by atoms with Crippen LogP contribution in [0.15, 0.2) is 28.9 Å². The van der Waals surface area contributed by atoms with E-state index in [1.165, 1.54) is 5.57 Å². The van der Waals surface area contributed by atoms with Crippen molar-refractivity contribution in [3.63, 3.8) is 0 Å². The van der Waals surface area contributed by atoms with Crippen molar-refractivity contribution in [3.8, 4) is 0 Å². The molecule has 0 radical (unpaired) electrons. The minimum absolute atomic E-state index is 0.165. The fourth-order valence-electron chi connectivity index (χ4n) is 1.38. The molecule has 2 heterocycles. The predicted octanol–water partition coefficient (Wildman–Crippen LogP) is 1.49. The van der Waals surface area contributed by atoms with Gasteiger partial charge in [-0.3, -0.25) is 0 Å². The molecule has 13 heavy (non-hydrogen) atoms. The van der Waals surface area contributed by atoms with Crippen LogP contribution in [0.4, 0.5) is 0 Å². The fourth-order valence-corrected chi connectivity index (χ4v) is 1.38. The second-order valence-electron chi connectivity index (χ2n) is 2.94. The van der Waals surface area contributed by atoms with Gasteiger partial charge in [0.1, 0.15) is 12.0 Å². The summed E-state index contributed by atoms with van der Waals surface area (Å²) in [5.41, 5.74) is 6.84. The number of allylic oxidation sites excluding steroid dienone is 2. The molecule has 0 saturated carbocycles. The third kappa shape index (κ3) is 2.11. The molecular weight excluding hydrogens is 162 g/mol. The van der Waals surface area contributed by atoms with Crippen molar-refractivity contribution in [2.24, 2.45) is 10.7 Å². The number of hydrogen-bond acceptors (Lipinski definition) is 3. The molecule has 0 saturated heterocycles. The monoisotopic (exact) mass is 179 g/mol. The maximum Gasteiger partial charge on any atom is 0.142 e. The molecule has 0 fully saturated rings. The van der Waals surface area contributed by atoms with E-state index in [-0.39, 0.29) is 6.17 Å². The second kappa shape index (κ2) is 4.12. The van der Waals surface area contributed by atoms with Gasteiger partial charge in [0.15, 0.2) is 0 Å². The number of rotatable bonds is 0. The van der Waals surface area contributed by atoms with Crippen molar-refractivity contribution in [3.05, 3.63) is 23.9 Å². The molecule has 3 nitrogen and oxygen atoms in total. The number of hydrogen-bond donors (Lipinski definition) is 1. The highest BCUT2D eigenvalue weighted by atomic mass is 15.3. The van der Waals surface area contributed by atoms with Gasteiger partial charge < -0.3 is 10.6 Å². The van der Waals surface area contributed by atoms with Gasteiger partial charge in [-0.25, -0.2) is 4.99 Å². The summed E-state index contributed by atoms with van der Waals surface area (Å²) in [4.78, 5) is 6.36. The van der Waals surface area contributed by atoms with E-state index in [0.717, 1.165) is 12.4 Å². The van der Waals surface area contributed by atoms with Gasteiger partial charge in [0.05, 0.1) is 6.54 Å². The van der Waals surface area contributed by atoms with E-state index in [1.54, 1.807) is 0 Å². The van der Waals surface area contributed by atoms with Crippen LogP contribution in [0.3, 0.4) is 0 Å². The van der Waals surface area contributed by atoms with Crippen LogP contribution < -0.4 is 5.73 Å². The summed E-state index contributed by atoms with van der Waals surface area (Å²) in [6.07, 6.45) is 6.39. The number of nitrogens with two attached hydrogens (primary N) is 1. The van der Waals surface area contributed by atoms with E-state index in [1.807, 2.05) is 13.8 Å². The molecule has 1 unspecified atom stereocenters. The Balaban J connectivity index is 0.000000396. The third-order valence-corrected chi connectivity index (χ3v) is 1.88. The average Bonchev–Trinajstić information content (AvgIpc) is 2.48. The third-order valence-electron chi connectivity index (χ3n) is 1.88. The molecule has 0 aromatic rings. The second-order valence-corrected chi connectivity index (χ2v) is 2.94. The molecule has 1 atom stereocenters. The predicted molar refractivity (Wildman–Crippen MR) is 56.4 cm³/mol. The number of nitrogens with zero attached hydrogens (tertiary/aromatic N) is 2. The Morgan fingerprint density at radius 2 is 2.23 bits per heavy atom. The van der Waals surface area contributed by atoms with Gasteiger partial charge in [0.2, 0.25) is 0 Å². The highest BCUT2D eigenvalue weighted by Crippen LogP contribution is 2.17. The Hall–Kier alpha value is -1.25. The van der Waals surface area contributed by atoms with Gasteiger partial charge in [-0.15, -0.1) is 0 Å². The molecule has 2 aliphatic heterocycles. The van der Waals surface area contributed by atoms with Crippen molar-refractivity contribution < 1.29 is 0 Å². The first-order valence-corrected chi connectivity index (χ1v) is 4.70. The molecule has 0 aliphatic carbocycles. The number of fused-ring (bicyclic) bond motifs is 1. The van der Waals surface area contributed by atoms with Crippen molar-refractivity contribution >= 4 is 5.84 Å². The SMILES string of the molecule is CC.CC1=CN2CC(N)=NC2C=C1. The van der Waals surface area contributed by atoms with Gasteiger partial charge >= 0.3 is 0 Å². The van der Waals surface area contributed by atoms with E-state index in [0.29, 0.717) is 0 Å². The van der Waals surface area contributed by atoms with Gasteiger partial charge in [0.25, 0.3) is 0 Å². The van der Waals surface area contributed by atoms with Gasteiger partial charge in [-0.2, -0.15) is 0 Å². The van der Waals surface area contributed by atoms with Crippen LogP contribution in [0.5, 0.6) is 0 Å². The lowest BCUT2D eigenvalue weighted by Crippen LogP contribution is -2.28. The molecule has 2 aliphatic rings. The summed E-state index contributed by atoms with van der Waals surface area (Å²) in [5.74, 6) is 0.727. The lowest BCUT2D eigenvalue weighted by atomic mass is 10.2. The van der Waals surface area contributed by atoms with Gasteiger partial charge in [-0.1, -0.05) is 19.9 Å². The molecule has 0 amide bonds. The van der Waals surface area contributed by atoms with E-state index in [9.17, 15) is 0 Å². The van der Waals surface area contributed by atoms with Gasteiger partial charge in [-0.05, 0) is 18.6 Å². The van der Waals surface area contributed by atoms with Crippen LogP contribution in [-0.2, 0) is 0 Å². The minimum Gasteiger partial charge on any atom is -0.386 e. The summed E-state index contributed by atoms with van der Waals surface area (Å²) in [6, 6.07) is 0. The summed E-state index contributed by atoms with van der Waals surface area (Å²) in [5, 5.41) is 0. The molecule has 0 bridgehead atoms. The van der Waals surface area contributed by atoms with Crippen molar-refractivity contribution in [1.29, 1.82) is 0 Å². The largest absolute Gasteiger partial charge is 0.386 e. The molecule has 0 aromatic carbocycles. The van der Waals surface area contributed by atoms with E-state index >= 15 is 0 Å².